The minimum Gasteiger partial charge on any atom is -0.488 e. The predicted molar refractivity (Wildman–Crippen MR) is 109 cm³/mol. The van der Waals surface area contributed by atoms with Crippen molar-refractivity contribution in [2.45, 2.75) is 13.2 Å². The van der Waals surface area contributed by atoms with Crippen molar-refractivity contribution in [1.82, 2.24) is 14.8 Å². The summed E-state index contributed by atoms with van der Waals surface area (Å²) in [6, 6.07) is 18.9. The van der Waals surface area contributed by atoms with Gasteiger partial charge in [-0.1, -0.05) is 30.3 Å². The van der Waals surface area contributed by atoms with Gasteiger partial charge < -0.3 is 10.1 Å². The van der Waals surface area contributed by atoms with Crippen LogP contribution in [0.1, 0.15) is 20.8 Å². The third-order valence-corrected chi connectivity index (χ3v) is 4.97. The molecule has 0 saturated carbocycles. The molecule has 0 aliphatic rings. The fourth-order valence-electron chi connectivity index (χ4n) is 2.74. The third-order valence-electron chi connectivity index (χ3n) is 4.12. The number of nitrogens with zero attached hydrogens (tertiary/aromatic N) is 3. The van der Waals surface area contributed by atoms with Crippen LogP contribution in [0.15, 0.2) is 78.7 Å². The van der Waals surface area contributed by atoms with Gasteiger partial charge in [0, 0.05) is 16.1 Å². The molecule has 0 aliphatic heterocycles. The van der Waals surface area contributed by atoms with Gasteiger partial charge in [-0.15, -0.1) is 11.3 Å². The number of rotatable bonds is 7. The molecule has 0 bridgehead atoms. The Hall–Kier alpha value is -3.45. The zero-order valence-corrected chi connectivity index (χ0v) is 15.8. The van der Waals surface area contributed by atoms with Gasteiger partial charge in [0.05, 0.1) is 6.54 Å². The second kappa shape index (κ2) is 8.49. The van der Waals surface area contributed by atoms with Crippen LogP contribution >= 0.6 is 11.3 Å². The zero-order valence-electron chi connectivity index (χ0n) is 15.0. The highest BCUT2D eigenvalue weighted by Gasteiger charge is 2.11. The quantitative estimate of drug-likeness (QED) is 0.513. The van der Waals surface area contributed by atoms with E-state index >= 15 is 0 Å². The predicted octanol–water partition coefficient (Wildman–Crippen LogP) is 4.22. The Morgan fingerprint density at radius 1 is 1.11 bits per heavy atom. The molecule has 2 heterocycles. The van der Waals surface area contributed by atoms with Crippen LogP contribution in [0.4, 0.5) is 5.69 Å². The second-order valence-corrected chi connectivity index (χ2v) is 7.13. The van der Waals surface area contributed by atoms with Crippen LogP contribution in [-0.4, -0.2) is 20.7 Å². The van der Waals surface area contributed by atoms with Crippen molar-refractivity contribution in [1.29, 1.82) is 0 Å². The number of hydrogen-bond acceptors (Lipinski definition) is 5. The maximum atomic E-state index is 12.8. The number of anilines is 1. The molecule has 0 atom stereocenters. The molecule has 4 aromatic rings. The van der Waals surface area contributed by atoms with Gasteiger partial charge in [-0.05, 0) is 41.3 Å². The number of thiophene rings is 1. The molecule has 0 aliphatic carbocycles. The Bertz CT molecular complexity index is 1050. The van der Waals surface area contributed by atoms with E-state index in [4.69, 9.17) is 4.74 Å². The largest absolute Gasteiger partial charge is 0.488 e. The number of carbonyl (C=O) groups is 1. The van der Waals surface area contributed by atoms with Crippen LogP contribution in [0.5, 0.6) is 5.75 Å². The van der Waals surface area contributed by atoms with Crippen LogP contribution in [0, 0.1) is 0 Å². The van der Waals surface area contributed by atoms with Crippen LogP contribution in [-0.2, 0) is 13.2 Å². The summed E-state index contributed by atoms with van der Waals surface area (Å²) in [6.45, 7) is 1.02. The molecule has 2 aromatic heterocycles. The van der Waals surface area contributed by atoms with Gasteiger partial charge >= 0.3 is 0 Å². The summed E-state index contributed by atoms with van der Waals surface area (Å²) in [7, 11) is 0. The molecule has 6 nitrogen and oxygen atoms in total. The first-order valence-corrected chi connectivity index (χ1v) is 9.63. The van der Waals surface area contributed by atoms with E-state index in [1.165, 1.54) is 6.33 Å². The Kier molecular flexibility index (Phi) is 5.44. The third kappa shape index (κ3) is 4.44. The summed E-state index contributed by atoms with van der Waals surface area (Å²) in [5, 5.41) is 9.12. The summed E-state index contributed by atoms with van der Waals surface area (Å²) in [6.07, 6.45) is 3.13. The maximum absolute atomic E-state index is 12.8. The molecule has 28 heavy (non-hydrogen) atoms. The summed E-state index contributed by atoms with van der Waals surface area (Å²) in [5.74, 6) is 0.476. The lowest BCUT2D eigenvalue weighted by molar-refractivity contribution is 0.102. The highest BCUT2D eigenvalue weighted by atomic mass is 32.1. The standard InChI is InChI=1S/C21H18N4O2S/c26-21(16-6-3-7-18(11-16)27-13-19-8-4-10-28-19)24-20-9-2-1-5-17(20)12-25-15-22-14-23-25/h1-11,14-15H,12-13H2,(H,24,26). The van der Waals surface area contributed by atoms with Crippen LogP contribution in [0.3, 0.4) is 0 Å². The van der Waals surface area contributed by atoms with Crippen LogP contribution in [0.2, 0.25) is 0 Å². The molecule has 1 N–H and O–H groups in total. The van der Waals surface area contributed by atoms with Crippen molar-refractivity contribution in [2.75, 3.05) is 5.32 Å². The van der Waals surface area contributed by atoms with Gasteiger partial charge in [0.2, 0.25) is 0 Å². The van der Waals surface area contributed by atoms with Crippen LogP contribution < -0.4 is 10.1 Å². The lowest BCUT2D eigenvalue weighted by atomic mass is 10.1. The smallest absolute Gasteiger partial charge is 0.255 e. The molecular weight excluding hydrogens is 372 g/mol. The monoisotopic (exact) mass is 390 g/mol. The molecule has 1 amide bonds. The van der Waals surface area contributed by atoms with E-state index < -0.39 is 0 Å². The lowest BCUT2D eigenvalue weighted by Crippen LogP contribution is -2.14. The number of amides is 1. The highest BCUT2D eigenvalue weighted by molar-refractivity contribution is 7.09. The van der Waals surface area contributed by atoms with Crippen molar-refractivity contribution < 1.29 is 9.53 Å². The maximum Gasteiger partial charge on any atom is 0.255 e. The fraction of sp³-hybridized carbons (Fsp3) is 0.0952. The van der Waals surface area contributed by atoms with Crippen molar-refractivity contribution in [2.24, 2.45) is 0 Å². The summed E-state index contributed by atoms with van der Waals surface area (Å²) in [5.41, 5.74) is 2.23. The summed E-state index contributed by atoms with van der Waals surface area (Å²) in [4.78, 5) is 17.8. The van der Waals surface area contributed by atoms with Crippen molar-refractivity contribution in [3.8, 4) is 5.75 Å². The number of benzene rings is 2. The molecule has 0 fully saturated rings. The van der Waals surface area contributed by atoms with E-state index in [1.807, 2.05) is 53.9 Å². The average molecular weight is 390 g/mol. The molecule has 0 radical (unpaired) electrons. The molecule has 7 heteroatoms. The summed E-state index contributed by atoms with van der Waals surface area (Å²) >= 11 is 1.64. The Morgan fingerprint density at radius 2 is 2.04 bits per heavy atom. The number of nitrogens with one attached hydrogen (secondary N) is 1. The first kappa shape index (κ1) is 17.9. The minimum absolute atomic E-state index is 0.187. The van der Waals surface area contributed by atoms with Gasteiger partial charge in [-0.25, -0.2) is 9.67 Å². The molecule has 0 saturated heterocycles. The zero-order chi connectivity index (χ0) is 19.2. The van der Waals surface area contributed by atoms with E-state index in [9.17, 15) is 4.79 Å². The lowest BCUT2D eigenvalue weighted by Gasteiger charge is -2.12. The molecule has 2 aromatic carbocycles. The van der Waals surface area contributed by atoms with Gasteiger partial charge in [-0.2, -0.15) is 5.10 Å². The van der Waals surface area contributed by atoms with Gasteiger partial charge in [-0.3, -0.25) is 4.79 Å². The molecule has 0 unspecified atom stereocenters. The number of hydrogen-bond donors (Lipinski definition) is 1. The minimum atomic E-state index is -0.187. The molecule has 140 valence electrons. The van der Waals surface area contributed by atoms with Crippen molar-refractivity contribution in [3.63, 3.8) is 0 Å². The van der Waals surface area contributed by atoms with E-state index in [1.54, 1.807) is 34.5 Å². The number of para-hydroxylation sites is 1. The van der Waals surface area contributed by atoms with E-state index in [2.05, 4.69) is 15.4 Å². The SMILES string of the molecule is O=C(Nc1ccccc1Cn1cncn1)c1cccc(OCc2cccs2)c1. The van der Waals surface area contributed by atoms with E-state index in [0.29, 0.717) is 24.5 Å². The first-order chi connectivity index (χ1) is 13.8. The van der Waals surface area contributed by atoms with Gasteiger partial charge in [0.1, 0.15) is 25.0 Å². The Labute approximate surface area is 166 Å². The number of ether oxygens (including phenoxy) is 1. The topological polar surface area (TPSA) is 69.0 Å². The Balaban J connectivity index is 1.46. The first-order valence-electron chi connectivity index (χ1n) is 8.75. The fourth-order valence-corrected chi connectivity index (χ4v) is 3.36. The molecule has 4 rings (SSSR count). The molecular formula is C21H18N4O2S. The van der Waals surface area contributed by atoms with Gasteiger partial charge in [0.25, 0.3) is 5.91 Å². The number of carbonyl (C=O) groups excluding carboxylic acids is 1. The average Bonchev–Trinajstić information content (AvgIpc) is 3.42. The van der Waals surface area contributed by atoms with Crippen molar-refractivity contribution >= 4 is 22.9 Å². The number of aromatic nitrogens is 3. The van der Waals surface area contributed by atoms with Gasteiger partial charge in [0.15, 0.2) is 0 Å². The van der Waals surface area contributed by atoms with E-state index in [0.717, 1.165) is 16.1 Å². The summed E-state index contributed by atoms with van der Waals surface area (Å²) < 4.78 is 7.51. The molecule has 0 spiro atoms. The second-order valence-electron chi connectivity index (χ2n) is 6.10. The van der Waals surface area contributed by atoms with Crippen LogP contribution in [0.25, 0.3) is 0 Å². The highest BCUT2D eigenvalue weighted by Crippen LogP contribution is 2.20. The van der Waals surface area contributed by atoms with E-state index in [-0.39, 0.29) is 5.91 Å². The van der Waals surface area contributed by atoms with Crippen molar-refractivity contribution in [3.05, 3.63) is 94.7 Å². The Morgan fingerprint density at radius 3 is 2.86 bits per heavy atom. The normalized spacial score (nSPS) is 10.6.